The molecule has 0 radical (unpaired) electrons. The van der Waals surface area contributed by atoms with Crippen LogP contribution < -0.4 is 5.32 Å². The number of carbonyl (C=O) groups is 2. The third-order valence-corrected chi connectivity index (χ3v) is 3.47. The van der Waals surface area contributed by atoms with Crippen molar-refractivity contribution in [2.75, 3.05) is 19.6 Å². The van der Waals surface area contributed by atoms with Crippen molar-refractivity contribution in [2.24, 2.45) is 5.92 Å². The van der Waals surface area contributed by atoms with Crippen LogP contribution in [0.4, 0.5) is 0 Å². The lowest BCUT2D eigenvalue weighted by Gasteiger charge is -2.23. The average molecular weight is 290 g/mol. The van der Waals surface area contributed by atoms with Crippen LogP contribution in [0.1, 0.15) is 42.3 Å². The predicted molar refractivity (Wildman–Crippen MR) is 85.3 cm³/mol. The summed E-state index contributed by atoms with van der Waals surface area (Å²) in [6.07, 6.45) is 0. The Morgan fingerprint density at radius 1 is 1.19 bits per heavy atom. The van der Waals surface area contributed by atoms with Gasteiger partial charge in [-0.05, 0) is 43.0 Å². The van der Waals surface area contributed by atoms with Gasteiger partial charge in [-0.15, -0.1) is 0 Å². The highest BCUT2D eigenvalue weighted by atomic mass is 16.2. The van der Waals surface area contributed by atoms with Crippen molar-refractivity contribution in [3.63, 3.8) is 0 Å². The van der Waals surface area contributed by atoms with Gasteiger partial charge in [0.25, 0.3) is 5.91 Å². The number of nitrogens with one attached hydrogen (secondary N) is 1. The van der Waals surface area contributed by atoms with Gasteiger partial charge in [-0.2, -0.15) is 0 Å². The van der Waals surface area contributed by atoms with Gasteiger partial charge in [0.05, 0.1) is 0 Å². The number of amides is 2. The molecule has 0 spiro atoms. The van der Waals surface area contributed by atoms with Crippen LogP contribution in [0.5, 0.6) is 0 Å². The quantitative estimate of drug-likeness (QED) is 0.875. The molecule has 116 valence electrons. The lowest BCUT2D eigenvalue weighted by Crippen LogP contribution is -2.39. The van der Waals surface area contributed by atoms with Crippen molar-refractivity contribution >= 4 is 11.8 Å². The Hall–Kier alpha value is -1.84. The van der Waals surface area contributed by atoms with Gasteiger partial charge in [0.1, 0.15) is 0 Å². The van der Waals surface area contributed by atoms with E-state index in [0.717, 1.165) is 12.1 Å². The molecule has 0 aliphatic carbocycles. The molecule has 0 atom stereocenters. The third kappa shape index (κ3) is 5.58. The Balaban J connectivity index is 2.52. The minimum Gasteiger partial charge on any atom is -0.350 e. The lowest BCUT2D eigenvalue weighted by molar-refractivity contribution is -0.129. The van der Waals surface area contributed by atoms with E-state index in [-0.39, 0.29) is 11.8 Å². The fourth-order valence-corrected chi connectivity index (χ4v) is 2.11. The molecule has 1 N–H and O–H groups in total. The minimum atomic E-state index is -0.0915. The molecular weight excluding hydrogens is 264 g/mol. The van der Waals surface area contributed by atoms with Crippen molar-refractivity contribution in [2.45, 2.75) is 34.6 Å². The van der Waals surface area contributed by atoms with Gasteiger partial charge >= 0.3 is 0 Å². The molecule has 0 heterocycles. The second kappa shape index (κ2) is 7.81. The maximum atomic E-state index is 12.1. The van der Waals surface area contributed by atoms with Gasteiger partial charge in [-0.1, -0.05) is 19.9 Å². The zero-order valence-electron chi connectivity index (χ0n) is 13.7. The molecule has 0 unspecified atom stereocenters. The molecule has 0 saturated carbocycles. The molecule has 0 aromatic heterocycles. The van der Waals surface area contributed by atoms with Crippen molar-refractivity contribution in [3.8, 4) is 0 Å². The predicted octanol–water partition coefficient (Wildman–Crippen LogP) is 2.54. The summed E-state index contributed by atoms with van der Waals surface area (Å²) < 4.78 is 0. The van der Waals surface area contributed by atoms with E-state index >= 15 is 0 Å². The van der Waals surface area contributed by atoms with Gasteiger partial charge < -0.3 is 10.2 Å². The molecule has 0 saturated heterocycles. The molecule has 1 aromatic carbocycles. The number of nitrogens with zero attached hydrogens (tertiary/aromatic N) is 1. The van der Waals surface area contributed by atoms with Crippen molar-refractivity contribution in [1.82, 2.24) is 10.2 Å². The summed E-state index contributed by atoms with van der Waals surface area (Å²) in [7, 11) is 0. The molecule has 1 aromatic rings. The number of hydrogen-bond donors (Lipinski definition) is 1. The van der Waals surface area contributed by atoms with Crippen molar-refractivity contribution in [3.05, 3.63) is 34.9 Å². The zero-order valence-corrected chi connectivity index (χ0v) is 13.7. The molecule has 2 amide bonds. The molecule has 4 nitrogen and oxygen atoms in total. The maximum absolute atomic E-state index is 12.1. The minimum absolute atomic E-state index is 0.0455. The summed E-state index contributed by atoms with van der Waals surface area (Å²) >= 11 is 0. The third-order valence-electron chi connectivity index (χ3n) is 3.47. The fourth-order valence-electron chi connectivity index (χ4n) is 2.11. The van der Waals surface area contributed by atoms with Gasteiger partial charge in [-0.3, -0.25) is 9.59 Å². The van der Waals surface area contributed by atoms with Gasteiger partial charge in [0.15, 0.2) is 0 Å². The Labute approximate surface area is 127 Å². The average Bonchev–Trinajstić information content (AvgIpc) is 2.40. The lowest BCUT2D eigenvalue weighted by atomic mass is 10.1. The van der Waals surface area contributed by atoms with Crippen LogP contribution in [0.15, 0.2) is 18.2 Å². The van der Waals surface area contributed by atoms with Gasteiger partial charge in [-0.25, -0.2) is 0 Å². The second-order valence-corrected chi connectivity index (χ2v) is 5.91. The molecule has 4 heteroatoms. The number of rotatable bonds is 6. The SMILES string of the molecule is CC(=O)N(CCNC(=O)c1ccc(C)c(C)c1)CC(C)C. The molecule has 0 aliphatic rings. The summed E-state index contributed by atoms with van der Waals surface area (Å²) in [6, 6.07) is 5.67. The first kappa shape index (κ1) is 17.2. The second-order valence-electron chi connectivity index (χ2n) is 5.91. The van der Waals surface area contributed by atoms with Crippen LogP contribution in [0.2, 0.25) is 0 Å². The summed E-state index contributed by atoms with van der Waals surface area (Å²) in [5.41, 5.74) is 2.94. The summed E-state index contributed by atoms with van der Waals surface area (Å²) in [5.74, 6) is 0.375. The molecule has 21 heavy (non-hydrogen) atoms. The topological polar surface area (TPSA) is 49.4 Å². The Bertz CT molecular complexity index is 510. The Morgan fingerprint density at radius 3 is 2.38 bits per heavy atom. The Morgan fingerprint density at radius 2 is 1.86 bits per heavy atom. The number of hydrogen-bond acceptors (Lipinski definition) is 2. The first-order chi connectivity index (χ1) is 9.81. The van der Waals surface area contributed by atoms with Crippen LogP contribution >= 0.6 is 0 Å². The summed E-state index contributed by atoms with van der Waals surface area (Å²) in [6.45, 7) is 11.5. The van der Waals surface area contributed by atoms with Crippen LogP contribution in [0, 0.1) is 19.8 Å². The van der Waals surface area contributed by atoms with E-state index in [1.165, 1.54) is 5.56 Å². The van der Waals surface area contributed by atoms with Gasteiger partial charge in [0, 0.05) is 32.1 Å². The highest BCUT2D eigenvalue weighted by Gasteiger charge is 2.11. The first-order valence-corrected chi connectivity index (χ1v) is 7.42. The standard InChI is InChI=1S/C17H26N2O2/c1-12(2)11-19(15(5)20)9-8-18-17(21)16-7-6-13(3)14(4)10-16/h6-7,10,12H,8-9,11H2,1-5H3,(H,18,21). The van der Waals surface area contributed by atoms with Gasteiger partial charge in [0.2, 0.25) is 5.91 Å². The highest BCUT2D eigenvalue weighted by molar-refractivity contribution is 5.94. The Kier molecular flexibility index (Phi) is 6.40. The van der Waals surface area contributed by atoms with E-state index in [1.807, 2.05) is 32.0 Å². The van der Waals surface area contributed by atoms with E-state index in [4.69, 9.17) is 0 Å². The van der Waals surface area contributed by atoms with E-state index < -0.39 is 0 Å². The normalized spacial score (nSPS) is 10.6. The smallest absolute Gasteiger partial charge is 0.251 e. The fraction of sp³-hybridized carbons (Fsp3) is 0.529. The van der Waals surface area contributed by atoms with Crippen molar-refractivity contribution in [1.29, 1.82) is 0 Å². The van der Waals surface area contributed by atoms with E-state index in [0.29, 0.717) is 24.6 Å². The number of benzene rings is 1. The molecule has 0 aliphatic heterocycles. The molecule has 0 bridgehead atoms. The molecular formula is C17H26N2O2. The number of carbonyl (C=O) groups excluding carboxylic acids is 2. The maximum Gasteiger partial charge on any atom is 0.251 e. The van der Waals surface area contributed by atoms with Crippen LogP contribution in [-0.2, 0) is 4.79 Å². The van der Waals surface area contributed by atoms with E-state index in [1.54, 1.807) is 11.8 Å². The van der Waals surface area contributed by atoms with E-state index in [9.17, 15) is 9.59 Å². The van der Waals surface area contributed by atoms with Crippen LogP contribution in [-0.4, -0.2) is 36.3 Å². The number of aryl methyl sites for hydroxylation is 2. The largest absolute Gasteiger partial charge is 0.350 e. The zero-order chi connectivity index (χ0) is 16.0. The first-order valence-electron chi connectivity index (χ1n) is 7.42. The monoisotopic (exact) mass is 290 g/mol. The van der Waals surface area contributed by atoms with Crippen LogP contribution in [0.3, 0.4) is 0 Å². The molecule has 1 rings (SSSR count). The van der Waals surface area contributed by atoms with Crippen molar-refractivity contribution < 1.29 is 9.59 Å². The summed E-state index contributed by atoms with van der Waals surface area (Å²) in [5, 5.41) is 2.87. The highest BCUT2D eigenvalue weighted by Crippen LogP contribution is 2.09. The van der Waals surface area contributed by atoms with E-state index in [2.05, 4.69) is 19.2 Å². The molecule has 0 fully saturated rings. The van der Waals surface area contributed by atoms with Crippen LogP contribution in [0.25, 0.3) is 0 Å². The summed E-state index contributed by atoms with van der Waals surface area (Å²) in [4.78, 5) is 25.4.